The van der Waals surface area contributed by atoms with Crippen LogP contribution in [0.15, 0.2) is 24.3 Å². The first-order valence-corrected chi connectivity index (χ1v) is 5.87. The molecule has 0 heterocycles. The number of benzene rings is 1. The van der Waals surface area contributed by atoms with Gasteiger partial charge >= 0.3 is 5.97 Å². The Morgan fingerprint density at radius 3 is 2.50 bits per heavy atom. The van der Waals surface area contributed by atoms with Crippen LogP contribution in [0.5, 0.6) is 0 Å². The van der Waals surface area contributed by atoms with Crippen LogP contribution in [0.25, 0.3) is 0 Å². The van der Waals surface area contributed by atoms with Gasteiger partial charge in [0.05, 0.1) is 6.42 Å². The van der Waals surface area contributed by atoms with Gasteiger partial charge in [-0.05, 0) is 16.5 Å². The first kappa shape index (κ1) is 14.2. The van der Waals surface area contributed by atoms with Gasteiger partial charge in [-0.2, -0.15) is 0 Å². The van der Waals surface area contributed by atoms with Crippen molar-refractivity contribution in [2.45, 2.75) is 32.6 Å². The largest absolute Gasteiger partial charge is 0.480 e. The molecular weight excluding hydrogens is 230 g/mol. The molecule has 0 bridgehead atoms. The molecule has 0 unspecified atom stereocenters. The van der Waals surface area contributed by atoms with Crippen molar-refractivity contribution in [3.63, 3.8) is 0 Å². The predicted molar refractivity (Wildman–Crippen MR) is 69.5 cm³/mol. The number of rotatable bonds is 4. The Morgan fingerprint density at radius 2 is 1.94 bits per heavy atom. The van der Waals surface area contributed by atoms with E-state index in [1.165, 1.54) is 0 Å². The summed E-state index contributed by atoms with van der Waals surface area (Å²) in [6.07, 6.45) is 0.206. The average molecular weight is 249 g/mol. The van der Waals surface area contributed by atoms with E-state index in [1.807, 2.05) is 24.3 Å². The number of nitrogens with one attached hydrogen (secondary N) is 1. The summed E-state index contributed by atoms with van der Waals surface area (Å²) in [6, 6.07) is 7.80. The van der Waals surface area contributed by atoms with E-state index < -0.39 is 5.97 Å². The zero-order valence-electron chi connectivity index (χ0n) is 11.0. The molecule has 0 aliphatic carbocycles. The van der Waals surface area contributed by atoms with Crippen LogP contribution in [-0.4, -0.2) is 23.5 Å². The van der Waals surface area contributed by atoms with Crippen molar-refractivity contribution in [3.05, 3.63) is 35.4 Å². The molecule has 0 saturated carbocycles. The molecule has 0 aliphatic rings. The fourth-order valence-corrected chi connectivity index (χ4v) is 1.57. The number of amides is 1. The summed E-state index contributed by atoms with van der Waals surface area (Å²) in [6.45, 7) is 5.99. The van der Waals surface area contributed by atoms with Gasteiger partial charge in [-0.3, -0.25) is 9.59 Å². The highest BCUT2D eigenvalue weighted by Gasteiger charge is 2.14. The van der Waals surface area contributed by atoms with Crippen molar-refractivity contribution in [1.29, 1.82) is 0 Å². The van der Waals surface area contributed by atoms with Gasteiger partial charge in [0.1, 0.15) is 6.54 Å². The van der Waals surface area contributed by atoms with Crippen LogP contribution in [0, 0.1) is 0 Å². The van der Waals surface area contributed by atoms with Crippen LogP contribution in [0.2, 0.25) is 0 Å². The molecule has 4 heteroatoms. The minimum Gasteiger partial charge on any atom is -0.480 e. The lowest BCUT2D eigenvalue weighted by molar-refractivity contribution is -0.137. The molecule has 18 heavy (non-hydrogen) atoms. The molecule has 2 N–H and O–H groups in total. The van der Waals surface area contributed by atoms with Gasteiger partial charge < -0.3 is 10.4 Å². The first-order chi connectivity index (χ1) is 8.29. The van der Waals surface area contributed by atoms with Crippen LogP contribution in [0.1, 0.15) is 31.9 Å². The second kappa shape index (κ2) is 5.67. The van der Waals surface area contributed by atoms with Crippen LogP contribution in [0.3, 0.4) is 0 Å². The summed E-state index contributed by atoms with van der Waals surface area (Å²) in [5.74, 6) is -1.31. The van der Waals surface area contributed by atoms with E-state index in [-0.39, 0.29) is 24.3 Å². The molecule has 98 valence electrons. The summed E-state index contributed by atoms with van der Waals surface area (Å²) in [5, 5.41) is 10.8. The van der Waals surface area contributed by atoms with Crippen molar-refractivity contribution in [2.75, 3.05) is 6.54 Å². The van der Waals surface area contributed by atoms with Gasteiger partial charge in [0.25, 0.3) is 0 Å². The van der Waals surface area contributed by atoms with Gasteiger partial charge in [-0.25, -0.2) is 0 Å². The average Bonchev–Trinajstić information content (AvgIpc) is 2.25. The van der Waals surface area contributed by atoms with Gasteiger partial charge in [0.2, 0.25) is 5.91 Å². The van der Waals surface area contributed by atoms with Crippen molar-refractivity contribution in [2.24, 2.45) is 0 Å². The number of carboxylic acid groups (broad SMARTS) is 1. The highest BCUT2D eigenvalue weighted by Crippen LogP contribution is 2.22. The Balaban J connectivity index is 2.68. The minimum absolute atomic E-state index is 0.0353. The van der Waals surface area contributed by atoms with Gasteiger partial charge in [0.15, 0.2) is 0 Å². The maximum absolute atomic E-state index is 11.5. The summed E-state index contributed by atoms with van der Waals surface area (Å²) >= 11 is 0. The molecular formula is C14H19NO3. The van der Waals surface area contributed by atoms with E-state index in [0.29, 0.717) is 0 Å². The minimum atomic E-state index is -1.04. The molecule has 1 aromatic rings. The Labute approximate surface area is 107 Å². The SMILES string of the molecule is CC(C)(C)c1cccc(CC(=O)NCC(=O)O)c1. The maximum Gasteiger partial charge on any atom is 0.322 e. The van der Waals surface area contributed by atoms with Crippen molar-refractivity contribution in [1.82, 2.24) is 5.32 Å². The number of carbonyl (C=O) groups excluding carboxylic acids is 1. The third-order valence-electron chi connectivity index (χ3n) is 2.59. The molecule has 0 atom stereocenters. The van der Waals surface area contributed by atoms with Crippen molar-refractivity contribution < 1.29 is 14.7 Å². The van der Waals surface area contributed by atoms with Crippen molar-refractivity contribution in [3.8, 4) is 0 Å². The van der Waals surface area contributed by atoms with Gasteiger partial charge in [-0.1, -0.05) is 45.0 Å². The highest BCUT2D eigenvalue weighted by atomic mass is 16.4. The Kier molecular flexibility index (Phi) is 4.48. The van der Waals surface area contributed by atoms with Crippen LogP contribution >= 0.6 is 0 Å². The predicted octanol–water partition coefficient (Wildman–Crippen LogP) is 1.73. The van der Waals surface area contributed by atoms with Crippen LogP contribution in [-0.2, 0) is 21.4 Å². The van der Waals surface area contributed by atoms with E-state index in [0.717, 1.165) is 11.1 Å². The number of carboxylic acids is 1. The Morgan fingerprint density at radius 1 is 1.28 bits per heavy atom. The molecule has 1 aromatic carbocycles. The van der Waals surface area contributed by atoms with Crippen molar-refractivity contribution >= 4 is 11.9 Å². The van der Waals surface area contributed by atoms with E-state index in [2.05, 4.69) is 26.1 Å². The lowest BCUT2D eigenvalue weighted by Crippen LogP contribution is -2.30. The fraction of sp³-hybridized carbons (Fsp3) is 0.429. The monoisotopic (exact) mass is 249 g/mol. The first-order valence-electron chi connectivity index (χ1n) is 5.87. The molecule has 1 rings (SSSR count). The molecule has 4 nitrogen and oxygen atoms in total. The Bertz CT molecular complexity index is 447. The third kappa shape index (κ3) is 4.57. The normalized spacial score (nSPS) is 11.1. The summed E-state index contributed by atoms with van der Waals surface area (Å²) < 4.78 is 0. The quantitative estimate of drug-likeness (QED) is 0.854. The number of hydrogen-bond donors (Lipinski definition) is 2. The lowest BCUT2D eigenvalue weighted by atomic mass is 9.86. The standard InChI is InChI=1S/C14H19NO3/c1-14(2,3)11-6-4-5-10(7-11)8-12(16)15-9-13(17)18/h4-7H,8-9H2,1-3H3,(H,15,16)(H,17,18). The molecule has 0 spiro atoms. The molecule has 0 radical (unpaired) electrons. The van der Waals surface area contributed by atoms with Gasteiger partial charge in [-0.15, -0.1) is 0 Å². The lowest BCUT2D eigenvalue weighted by Gasteiger charge is -2.19. The summed E-state index contributed by atoms with van der Waals surface area (Å²) in [5.41, 5.74) is 2.09. The Hall–Kier alpha value is -1.84. The maximum atomic E-state index is 11.5. The highest BCUT2D eigenvalue weighted by molar-refractivity contribution is 5.82. The number of carbonyl (C=O) groups is 2. The molecule has 0 aromatic heterocycles. The summed E-state index contributed by atoms with van der Waals surface area (Å²) in [7, 11) is 0. The van der Waals surface area contributed by atoms with Crippen LogP contribution < -0.4 is 5.32 Å². The number of aliphatic carboxylic acids is 1. The summed E-state index contributed by atoms with van der Waals surface area (Å²) in [4.78, 5) is 21.8. The van der Waals surface area contributed by atoms with E-state index in [9.17, 15) is 9.59 Å². The zero-order chi connectivity index (χ0) is 13.8. The third-order valence-corrected chi connectivity index (χ3v) is 2.59. The fourth-order valence-electron chi connectivity index (χ4n) is 1.57. The second-order valence-electron chi connectivity index (χ2n) is 5.30. The molecule has 0 aliphatic heterocycles. The zero-order valence-corrected chi connectivity index (χ0v) is 11.0. The smallest absolute Gasteiger partial charge is 0.322 e. The second-order valence-corrected chi connectivity index (χ2v) is 5.30. The van der Waals surface area contributed by atoms with E-state index in [1.54, 1.807) is 0 Å². The number of hydrogen-bond acceptors (Lipinski definition) is 2. The van der Waals surface area contributed by atoms with Crippen LogP contribution in [0.4, 0.5) is 0 Å². The topological polar surface area (TPSA) is 66.4 Å². The van der Waals surface area contributed by atoms with Gasteiger partial charge in [0, 0.05) is 0 Å². The van der Waals surface area contributed by atoms with E-state index in [4.69, 9.17) is 5.11 Å². The van der Waals surface area contributed by atoms with E-state index >= 15 is 0 Å². The molecule has 0 saturated heterocycles. The molecule has 0 fully saturated rings. The molecule has 1 amide bonds.